The highest BCUT2D eigenvalue weighted by Crippen LogP contribution is 2.15. The molecule has 1 heterocycles. The van der Waals surface area contributed by atoms with Crippen LogP contribution in [0, 0.1) is 0 Å². The van der Waals surface area contributed by atoms with Gasteiger partial charge < -0.3 is 10.5 Å². The Balaban J connectivity index is 0.000000810. The fourth-order valence-electron chi connectivity index (χ4n) is 0.871. The van der Waals surface area contributed by atoms with Gasteiger partial charge in [0.05, 0.1) is 6.61 Å². The maximum Gasteiger partial charge on any atom is 0.325 e. The molecule has 0 aromatic heterocycles. The fourth-order valence-corrected chi connectivity index (χ4v) is 0.871. The molecule has 1 rings (SSSR count). The van der Waals surface area contributed by atoms with Gasteiger partial charge in [0, 0.05) is 0 Å². The highest BCUT2D eigenvalue weighted by Gasteiger charge is 2.32. The zero-order chi connectivity index (χ0) is 6.91. The van der Waals surface area contributed by atoms with Gasteiger partial charge in [0.2, 0.25) is 0 Å². The summed E-state index contributed by atoms with van der Waals surface area (Å²) in [6, 6.07) is 0. The molecule has 0 spiro atoms. The third-order valence-corrected chi connectivity index (χ3v) is 1.54. The maximum atomic E-state index is 10.8. The monoisotopic (exact) mass is 165 g/mol. The molecule has 60 valence electrons. The van der Waals surface area contributed by atoms with Crippen molar-refractivity contribution in [1.29, 1.82) is 0 Å². The molecule has 1 aliphatic rings. The van der Waals surface area contributed by atoms with Gasteiger partial charge in [-0.2, -0.15) is 0 Å². The molecule has 0 radical (unpaired) electrons. The van der Waals surface area contributed by atoms with Crippen molar-refractivity contribution in [3.63, 3.8) is 0 Å². The number of hydrogen-bond donors (Lipinski definition) is 1. The fraction of sp³-hybridized carbons (Fsp3) is 0.833. The first-order valence-corrected chi connectivity index (χ1v) is 3.09. The van der Waals surface area contributed by atoms with Gasteiger partial charge in [-0.15, -0.1) is 12.4 Å². The summed E-state index contributed by atoms with van der Waals surface area (Å²) < 4.78 is 4.73. The van der Waals surface area contributed by atoms with E-state index in [0.29, 0.717) is 6.61 Å². The topological polar surface area (TPSA) is 52.3 Å². The number of nitrogens with two attached hydrogens (primary N) is 1. The summed E-state index contributed by atoms with van der Waals surface area (Å²) in [5, 5.41) is 0. The summed E-state index contributed by atoms with van der Waals surface area (Å²) in [7, 11) is 0. The van der Waals surface area contributed by atoms with Crippen molar-refractivity contribution in [2.45, 2.75) is 25.3 Å². The molecule has 1 atom stereocenters. The number of ether oxygens (including phenoxy) is 1. The molecule has 1 fully saturated rings. The van der Waals surface area contributed by atoms with Crippen LogP contribution in [-0.2, 0) is 9.53 Å². The van der Waals surface area contributed by atoms with E-state index in [1.165, 1.54) is 0 Å². The van der Waals surface area contributed by atoms with Gasteiger partial charge in [0.1, 0.15) is 5.54 Å². The second kappa shape index (κ2) is 3.21. The molecular formula is C6H12ClNO2. The quantitative estimate of drug-likeness (QED) is 0.531. The number of hydrogen-bond acceptors (Lipinski definition) is 3. The number of rotatable bonds is 0. The highest BCUT2D eigenvalue weighted by atomic mass is 35.5. The highest BCUT2D eigenvalue weighted by molar-refractivity contribution is 5.85. The van der Waals surface area contributed by atoms with Crippen molar-refractivity contribution in [3.8, 4) is 0 Å². The first kappa shape index (κ1) is 9.72. The van der Waals surface area contributed by atoms with E-state index in [1.54, 1.807) is 6.92 Å². The number of halogens is 1. The van der Waals surface area contributed by atoms with Gasteiger partial charge in [-0.1, -0.05) is 0 Å². The van der Waals surface area contributed by atoms with Crippen LogP contribution in [0.2, 0.25) is 0 Å². The molecule has 1 unspecified atom stereocenters. The van der Waals surface area contributed by atoms with Crippen LogP contribution >= 0.6 is 12.4 Å². The molecule has 3 nitrogen and oxygen atoms in total. The SMILES string of the molecule is CC1(N)CCCOC1=O.Cl. The number of carbonyl (C=O) groups excluding carboxylic acids is 1. The summed E-state index contributed by atoms with van der Waals surface area (Å²) in [5.74, 6) is -0.270. The van der Waals surface area contributed by atoms with E-state index >= 15 is 0 Å². The number of esters is 1. The smallest absolute Gasteiger partial charge is 0.325 e. The molecule has 1 saturated heterocycles. The predicted molar refractivity (Wildman–Crippen MR) is 40.0 cm³/mol. The van der Waals surface area contributed by atoms with Crippen molar-refractivity contribution in [2.75, 3.05) is 6.61 Å². The molecule has 4 heteroatoms. The van der Waals surface area contributed by atoms with E-state index < -0.39 is 5.54 Å². The second-order valence-electron chi connectivity index (χ2n) is 2.66. The zero-order valence-corrected chi connectivity index (χ0v) is 6.74. The van der Waals surface area contributed by atoms with E-state index in [-0.39, 0.29) is 18.4 Å². The Morgan fingerprint density at radius 2 is 2.30 bits per heavy atom. The van der Waals surface area contributed by atoms with Gasteiger partial charge in [-0.05, 0) is 19.8 Å². The van der Waals surface area contributed by atoms with Crippen LogP contribution in [0.4, 0.5) is 0 Å². The number of carbonyl (C=O) groups is 1. The zero-order valence-electron chi connectivity index (χ0n) is 5.92. The molecule has 1 aliphatic heterocycles. The molecule has 0 bridgehead atoms. The third-order valence-electron chi connectivity index (χ3n) is 1.54. The molecule has 0 aliphatic carbocycles. The van der Waals surface area contributed by atoms with Gasteiger partial charge in [-0.25, -0.2) is 0 Å². The normalized spacial score (nSPS) is 32.4. The molecule has 0 amide bonds. The Kier molecular flexibility index (Phi) is 3.12. The average molecular weight is 166 g/mol. The summed E-state index contributed by atoms with van der Waals surface area (Å²) in [5.41, 5.74) is 4.82. The van der Waals surface area contributed by atoms with Gasteiger partial charge in [0.25, 0.3) is 0 Å². The molecule has 2 N–H and O–H groups in total. The Hall–Kier alpha value is -0.280. The van der Waals surface area contributed by atoms with Crippen LogP contribution in [0.3, 0.4) is 0 Å². The van der Waals surface area contributed by atoms with Crippen molar-refractivity contribution < 1.29 is 9.53 Å². The minimum atomic E-state index is -0.724. The number of cyclic esters (lactones) is 1. The van der Waals surface area contributed by atoms with Crippen LogP contribution in [-0.4, -0.2) is 18.1 Å². The molecule has 0 aromatic rings. The molecule has 10 heavy (non-hydrogen) atoms. The lowest BCUT2D eigenvalue weighted by Gasteiger charge is -2.26. The van der Waals surface area contributed by atoms with E-state index in [0.717, 1.165) is 12.8 Å². The second-order valence-corrected chi connectivity index (χ2v) is 2.66. The van der Waals surface area contributed by atoms with Crippen LogP contribution < -0.4 is 5.73 Å². The molecule has 0 aromatic carbocycles. The van der Waals surface area contributed by atoms with E-state index in [4.69, 9.17) is 10.5 Å². The van der Waals surface area contributed by atoms with E-state index in [2.05, 4.69) is 0 Å². The lowest BCUT2D eigenvalue weighted by Crippen LogP contribution is -2.48. The summed E-state index contributed by atoms with van der Waals surface area (Å²) in [4.78, 5) is 10.8. The molecule has 0 saturated carbocycles. The Labute approximate surface area is 66.3 Å². The van der Waals surface area contributed by atoms with Gasteiger partial charge >= 0.3 is 5.97 Å². The Morgan fingerprint density at radius 1 is 1.70 bits per heavy atom. The Bertz CT molecular complexity index is 136. The van der Waals surface area contributed by atoms with Gasteiger partial charge in [0.15, 0.2) is 0 Å². The van der Waals surface area contributed by atoms with Gasteiger partial charge in [-0.3, -0.25) is 4.79 Å². The van der Waals surface area contributed by atoms with Crippen molar-refractivity contribution in [3.05, 3.63) is 0 Å². The standard InChI is InChI=1S/C6H11NO2.ClH/c1-6(7)3-2-4-9-5(6)8;/h2-4,7H2,1H3;1H. The molecular weight excluding hydrogens is 154 g/mol. The third kappa shape index (κ3) is 1.85. The van der Waals surface area contributed by atoms with Crippen molar-refractivity contribution in [2.24, 2.45) is 5.73 Å². The summed E-state index contributed by atoms with van der Waals surface area (Å²) in [6.07, 6.45) is 1.63. The van der Waals surface area contributed by atoms with Crippen LogP contribution in [0.1, 0.15) is 19.8 Å². The first-order chi connectivity index (χ1) is 4.13. The van der Waals surface area contributed by atoms with Crippen LogP contribution in [0.15, 0.2) is 0 Å². The minimum absolute atomic E-state index is 0. The van der Waals surface area contributed by atoms with Crippen LogP contribution in [0.25, 0.3) is 0 Å². The van der Waals surface area contributed by atoms with E-state index in [1.807, 2.05) is 0 Å². The van der Waals surface area contributed by atoms with Crippen LogP contribution in [0.5, 0.6) is 0 Å². The average Bonchev–Trinajstić information content (AvgIpc) is 1.77. The summed E-state index contributed by atoms with van der Waals surface area (Å²) >= 11 is 0. The lowest BCUT2D eigenvalue weighted by molar-refractivity contribution is -0.153. The summed E-state index contributed by atoms with van der Waals surface area (Å²) in [6.45, 7) is 2.24. The first-order valence-electron chi connectivity index (χ1n) is 3.09. The van der Waals surface area contributed by atoms with E-state index in [9.17, 15) is 4.79 Å². The van der Waals surface area contributed by atoms with Crippen molar-refractivity contribution in [1.82, 2.24) is 0 Å². The maximum absolute atomic E-state index is 10.8. The lowest BCUT2D eigenvalue weighted by atomic mass is 9.96. The van der Waals surface area contributed by atoms with Crippen molar-refractivity contribution >= 4 is 18.4 Å². The largest absolute Gasteiger partial charge is 0.464 e. The predicted octanol–water partition coefficient (Wildman–Crippen LogP) is 0.463. The minimum Gasteiger partial charge on any atom is -0.464 e. The Morgan fingerprint density at radius 3 is 2.60 bits per heavy atom.